The molecule has 8 bridgehead atoms. The van der Waals surface area contributed by atoms with Crippen molar-refractivity contribution in [3.05, 3.63) is 151 Å². The minimum atomic E-state index is 0.605. The zero-order valence-corrected chi connectivity index (χ0v) is 26.2. The molecule has 2 aliphatic heterocycles. The summed E-state index contributed by atoms with van der Waals surface area (Å²) in [7, 11) is 0. The summed E-state index contributed by atoms with van der Waals surface area (Å²) < 4.78 is 8.89. The molecule has 48 heavy (non-hydrogen) atoms. The van der Waals surface area contributed by atoms with Gasteiger partial charge in [0.15, 0.2) is 0 Å². The Balaban J connectivity index is 1.29. The largest absolute Gasteiger partial charge is 0.457 e. The number of aromatic nitrogens is 3. The van der Waals surface area contributed by atoms with Crippen molar-refractivity contribution >= 4 is 44.7 Å². The van der Waals surface area contributed by atoms with Crippen molar-refractivity contribution in [3.8, 4) is 39.7 Å². The molecule has 10 rings (SSSR count). The molecule has 0 unspecified atom stereocenters. The fraction of sp³-hybridized carbons (Fsp3) is 0.0476. The predicted octanol–water partition coefficient (Wildman–Crippen LogP) is 10.6. The Morgan fingerprint density at radius 3 is 2.08 bits per heavy atom. The van der Waals surface area contributed by atoms with Crippen LogP contribution in [0.25, 0.3) is 50.0 Å². The SMILES string of the molecule is Cc1cc2cc(n1)N1CN(c3ccccc3-c3ccccc3-c3cccc(n3)-n3c4ccccc4c4ccc(cc43)O2)c2ccccc21. The van der Waals surface area contributed by atoms with E-state index in [2.05, 4.69) is 148 Å². The maximum atomic E-state index is 6.64. The Morgan fingerprint density at radius 2 is 1.21 bits per heavy atom. The maximum absolute atomic E-state index is 6.64. The van der Waals surface area contributed by atoms with E-state index in [9.17, 15) is 0 Å². The zero-order chi connectivity index (χ0) is 31.8. The number of nitrogens with zero attached hydrogens (tertiary/aromatic N) is 5. The third kappa shape index (κ3) is 4.06. The van der Waals surface area contributed by atoms with Gasteiger partial charge in [0, 0.05) is 45.8 Å². The van der Waals surface area contributed by atoms with Gasteiger partial charge in [-0.2, -0.15) is 0 Å². The average Bonchev–Trinajstić information content (AvgIpc) is 3.67. The third-order valence-corrected chi connectivity index (χ3v) is 9.47. The normalized spacial score (nSPS) is 13.1. The molecule has 6 nitrogen and oxygen atoms in total. The van der Waals surface area contributed by atoms with Crippen molar-refractivity contribution in [2.24, 2.45) is 0 Å². The van der Waals surface area contributed by atoms with Crippen LogP contribution in [0.2, 0.25) is 0 Å². The summed E-state index contributed by atoms with van der Waals surface area (Å²) in [6.07, 6.45) is 0. The first-order chi connectivity index (χ1) is 23.7. The van der Waals surface area contributed by atoms with Crippen LogP contribution in [0.5, 0.6) is 11.5 Å². The molecule has 0 spiro atoms. The molecule has 0 saturated carbocycles. The zero-order valence-electron chi connectivity index (χ0n) is 26.2. The van der Waals surface area contributed by atoms with Crippen LogP contribution in [-0.2, 0) is 0 Å². The number of hydrogen-bond donors (Lipinski definition) is 0. The summed E-state index contributed by atoms with van der Waals surface area (Å²) in [6.45, 7) is 2.63. The average molecular weight is 620 g/mol. The quantitative estimate of drug-likeness (QED) is 0.169. The van der Waals surface area contributed by atoms with Gasteiger partial charge in [-0.05, 0) is 61.0 Å². The molecule has 0 aliphatic carbocycles. The number of anilines is 4. The highest BCUT2D eigenvalue weighted by Gasteiger charge is 2.31. The van der Waals surface area contributed by atoms with Crippen molar-refractivity contribution in [2.45, 2.75) is 6.92 Å². The van der Waals surface area contributed by atoms with Crippen molar-refractivity contribution in [2.75, 3.05) is 16.5 Å². The van der Waals surface area contributed by atoms with Gasteiger partial charge in [0.2, 0.25) is 0 Å². The molecule has 0 amide bonds. The highest BCUT2D eigenvalue weighted by Crippen LogP contribution is 2.48. The Hall–Kier alpha value is -6.40. The second-order valence-corrected chi connectivity index (χ2v) is 12.4. The van der Waals surface area contributed by atoms with Crippen LogP contribution in [0.15, 0.2) is 146 Å². The summed E-state index contributed by atoms with van der Waals surface area (Å²) in [5.41, 5.74) is 10.6. The Morgan fingerprint density at radius 1 is 0.500 bits per heavy atom. The van der Waals surface area contributed by atoms with Crippen molar-refractivity contribution in [1.82, 2.24) is 14.5 Å². The summed E-state index contributed by atoms with van der Waals surface area (Å²) in [5, 5.41) is 2.32. The second kappa shape index (κ2) is 10.3. The molecule has 8 aromatic rings. The summed E-state index contributed by atoms with van der Waals surface area (Å²) >= 11 is 0. The van der Waals surface area contributed by atoms with Crippen LogP contribution in [0.4, 0.5) is 22.9 Å². The van der Waals surface area contributed by atoms with E-state index < -0.39 is 0 Å². The molecule has 0 N–H and O–H groups in total. The van der Waals surface area contributed by atoms with E-state index in [-0.39, 0.29) is 0 Å². The highest BCUT2D eigenvalue weighted by molar-refractivity contribution is 6.09. The molecule has 2 aliphatic rings. The van der Waals surface area contributed by atoms with Crippen LogP contribution in [-0.4, -0.2) is 21.2 Å². The Labute approximate surface area is 277 Å². The molecule has 6 heteroatoms. The molecule has 0 saturated heterocycles. The predicted molar refractivity (Wildman–Crippen MR) is 194 cm³/mol. The van der Waals surface area contributed by atoms with Gasteiger partial charge in [0.25, 0.3) is 0 Å². The molecule has 0 atom stereocenters. The molecule has 0 radical (unpaired) electrons. The lowest BCUT2D eigenvalue weighted by Gasteiger charge is -2.25. The van der Waals surface area contributed by atoms with Gasteiger partial charge >= 0.3 is 0 Å². The first kappa shape index (κ1) is 26.8. The highest BCUT2D eigenvalue weighted by atomic mass is 16.5. The topological polar surface area (TPSA) is 46.4 Å². The lowest BCUT2D eigenvalue weighted by atomic mass is 9.95. The van der Waals surface area contributed by atoms with Gasteiger partial charge in [-0.25, -0.2) is 9.97 Å². The fourth-order valence-corrected chi connectivity index (χ4v) is 7.41. The monoisotopic (exact) mass is 619 g/mol. The first-order valence-corrected chi connectivity index (χ1v) is 16.2. The van der Waals surface area contributed by atoms with Gasteiger partial charge in [-0.1, -0.05) is 78.9 Å². The van der Waals surface area contributed by atoms with Crippen LogP contribution in [0.3, 0.4) is 0 Å². The van der Waals surface area contributed by atoms with E-state index in [1.54, 1.807) is 0 Å². The van der Waals surface area contributed by atoms with E-state index in [4.69, 9.17) is 14.7 Å². The number of para-hydroxylation sites is 4. The van der Waals surface area contributed by atoms with E-state index in [1.165, 1.54) is 5.39 Å². The molecule has 5 aromatic carbocycles. The molecule has 3 aromatic heterocycles. The van der Waals surface area contributed by atoms with Gasteiger partial charge < -0.3 is 14.5 Å². The van der Waals surface area contributed by atoms with E-state index in [1.807, 2.05) is 19.1 Å². The molecular weight excluding hydrogens is 590 g/mol. The number of fused-ring (bicyclic) bond motifs is 20. The molecule has 0 fully saturated rings. The van der Waals surface area contributed by atoms with Gasteiger partial charge in [0.05, 0.1) is 33.8 Å². The van der Waals surface area contributed by atoms with E-state index in [0.717, 1.165) is 84.7 Å². The number of hydrogen-bond acceptors (Lipinski definition) is 5. The smallest absolute Gasteiger partial charge is 0.138 e. The summed E-state index contributed by atoms with van der Waals surface area (Å²) in [4.78, 5) is 15.0. The van der Waals surface area contributed by atoms with E-state index >= 15 is 0 Å². The van der Waals surface area contributed by atoms with Crippen molar-refractivity contribution in [1.29, 1.82) is 0 Å². The molecular formula is C42H29N5O. The van der Waals surface area contributed by atoms with Crippen LogP contribution in [0.1, 0.15) is 5.69 Å². The van der Waals surface area contributed by atoms with Crippen LogP contribution < -0.4 is 14.5 Å². The molecule has 5 heterocycles. The fourth-order valence-electron chi connectivity index (χ4n) is 7.41. The van der Waals surface area contributed by atoms with Gasteiger partial charge in [0.1, 0.15) is 29.8 Å². The van der Waals surface area contributed by atoms with Crippen molar-refractivity contribution in [3.63, 3.8) is 0 Å². The Kier molecular flexibility index (Phi) is 5.75. The minimum absolute atomic E-state index is 0.605. The van der Waals surface area contributed by atoms with Gasteiger partial charge in [-0.15, -0.1) is 0 Å². The van der Waals surface area contributed by atoms with Gasteiger partial charge in [-0.3, -0.25) is 4.57 Å². The number of ether oxygens (including phenoxy) is 1. The standard InChI is InChI=1S/C42H29N5O/c1-27-23-29-25-42(43-27)46-26-45(38-18-8-9-19-39(38)46)36-16-6-4-13-32(36)30-11-2-3-12-31(30)35-15-10-20-41(44-35)47-37-17-7-5-14-33(37)34-22-21-28(48-29)24-40(34)47/h2-25H,26H2,1H3. The second-order valence-electron chi connectivity index (χ2n) is 12.4. The number of aryl methyl sites for hydroxylation is 1. The number of pyridine rings is 2. The third-order valence-electron chi connectivity index (χ3n) is 9.47. The maximum Gasteiger partial charge on any atom is 0.138 e. The lowest BCUT2D eigenvalue weighted by molar-refractivity contribution is 0.482. The minimum Gasteiger partial charge on any atom is -0.457 e. The lowest BCUT2D eigenvalue weighted by Crippen LogP contribution is -2.25. The van der Waals surface area contributed by atoms with E-state index in [0.29, 0.717) is 6.67 Å². The molecule has 228 valence electrons. The summed E-state index contributed by atoms with van der Waals surface area (Å²) in [5.74, 6) is 3.19. The first-order valence-electron chi connectivity index (χ1n) is 16.2. The van der Waals surface area contributed by atoms with Crippen LogP contribution in [0, 0.1) is 6.92 Å². The van der Waals surface area contributed by atoms with Crippen LogP contribution >= 0.6 is 0 Å². The number of rotatable bonds is 0. The number of benzene rings is 5. The summed E-state index contributed by atoms with van der Waals surface area (Å²) in [6, 6.07) is 51.0. The Bertz CT molecular complexity index is 2570. The van der Waals surface area contributed by atoms with Crippen molar-refractivity contribution < 1.29 is 4.74 Å².